The van der Waals surface area contributed by atoms with E-state index in [0.29, 0.717) is 0 Å². The lowest BCUT2D eigenvalue weighted by atomic mass is 10.2. The molecule has 2 rings (SSSR count). The number of carbonyl (C=O) groups is 1. The number of hydrogen-bond acceptors (Lipinski definition) is 6. The van der Waals surface area contributed by atoms with Crippen molar-refractivity contribution < 1.29 is 17.9 Å². The van der Waals surface area contributed by atoms with E-state index >= 15 is 0 Å². The molecule has 1 aromatic carbocycles. The van der Waals surface area contributed by atoms with E-state index in [4.69, 9.17) is 17.0 Å². The highest BCUT2D eigenvalue weighted by molar-refractivity contribution is 8.22. The monoisotopic (exact) mass is 331 g/mol. The zero-order chi connectivity index (χ0) is 14.9. The molecule has 0 aliphatic carbocycles. The molecule has 0 saturated heterocycles. The molecule has 1 amide bonds. The maximum absolute atomic E-state index is 12.2. The van der Waals surface area contributed by atoms with Gasteiger partial charge in [-0.2, -0.15) is 0 Å². The van der Waals surface area contributed by atoms with Crippen LogP contribution in [0.4, 0.5) is 0 Å². The first-order valence-corrected chi connectivity index (χ1v) is 8.67. The van der Waals surface area contributed by atoms with Crippen molar-refractivity contribution in [3.63, 3.8) is 0 Å². The molecule has 1 aromatic rings. The minimum atomic E-state index is -3.77. The molecule has 0 N–H and O–H groups in total. The molecule has 1 aliphatic rings. The van der Waals surface area contributed by atoms with Crippen molar-refractivity contribution in [2.45, 2.75) is 24.8 Å². The first-order valence-electron chi connectivity index (χ1n) is 5.83. The number of fused-ring (bicyclic) bond motifs is 1. The van der Waals surface area contributed by atoms with Crippen molar-refractivity contribution in [3.05, 3.63) is 29.8 Å². The molecule has 0 atom stereocenters. The van der Waals surface area contributed by atoms with Crippen LogP contribution in [0.1, 0.15) is 24.2 Å². The Kier molecular flexibility index (Phi) is 4.36. The smallest absolute Gasteiger partial charge is 0.269 e. The van der Waals surface area contributed by atoms with Crippen LogP contribution in [-0.4, -0.2) is 35.0 Å². The van der Waals surface area contributed by atoms with Gasteiger partial charge in [-0.3, -0.25) is 4.79 Å². The molecule has 5 nitrogen and oxygen atoms in total. The van der Waals surface area contributed by atoms with Gasteiger partial charge in [0.05, 0.1) is 17.5 Å². The van der Waals surface area contributed by atoms with E-state index < -0.39 is 15.9 Å². The predicted octanol–water partition coefficient (Wildman–Crippen LogP) is 2.23. The molecular formula is C12H13NO4S3. The van der Waals surface area contributed by atoms with Crippen LogP contribution in [-0.2, 0) is 14.8 Å². The number of hydrogen-bond donors (Lipinski definition) is 0. The van der Waals surface area contributed by atoms with Gasteiger partial charge in [0.25, 0.3) is 15.9 Å². The second kappa shape index (κ2) is 5.71. The summed E-state index contributed by atoms with van der Waals surface area (Å²) in [5, 5.41) is 0. The standard InChI is InChI=1S/C12H13NO4S3/c1-8(2)17-12(18)19-7-13-11(14)9-5-3-4-6-10(9)20(13,15)16/h3-6,8H,7H2,1-2H3. The Bertz CT molecular complexity index is 654. The molecule has 8 heteroatoms. The number of thiocarbonyl (C=S) groups is 1. The minimum absolute atomic E-state index is 0.0429. The van der Waals surface area contributed by atoms with Crippen LogP contribution in [0.2, 0.25) is 0 Å². The minimum Gasteiger partial charge on any atom is -0.476 e. The number of nitrogens with zero attached hydrogens (tertiary/aromatic N) is 1. The van der Waals surface area contributed by atoms with E-state index in [9.17, 15) is 13.2 Å². The molecule has 0 fully saturated rings. The predicted molar refractivity (Wildman–Crippen MR) is 81.1 cm³/mol. The Morgan fingerprint density at radius 2 is 2.05 bits per heavy atom. The fourth-order valence-electron chi connectivity index (χ4n) is 1.70. The summed E-state index contributed by atoms with van der Waals surface area (Å²) < 4.78 is 30.8. The SMILES string of the molecule is CC(C)OC(=S)SCN1C(=O)c2ccccc2S1(=O)=O. The number of benzene rings is 1. The Morgan fingerprint density at radius 3 is 2.65 bits per heavy atom. The van der Waals surface area contributed by atoms with E-state index in [0.717, 1.165) is 16.1 Å². The van der Waals surface area contributed by atoms with Gasteiger partial charge in [0.2, 0.25) is 4.38 Å². The number of sulfonamides is 1. The molecular weight excluding hydrogens is 318 g/mol. The molecule has 0 aromatic heterocycles. The van der Waals surface area contributed by atoms with Gasteiger partial charge in [0.15, 0.2) is 0 Å². The molecule has 1 aliphatic heterocycles. The molecule has 20 heavy (non-hydrogen) atoms. The number of amides is 1. The summed E-state index contributed by atoms with van der Waals surface area (Å²) in [5.41, 5.74) is 0.198. The fraction of sp³-hybridized carbons (Fsp3) is 0.333. The molecule has 0 unspecified atom stereocenters. The zero-order valence-electron chi connectivity index (χ0n) is 10.9. The number of ether oxygens (including phenoxy) is 1. The van der Waals surface area contributed by atoms with Crippen LogP contribution in [0.3, 0.4) is 0 Å². The number of rotatable bonds is 3. The number of carbonyl (C=O) groups excluding carboxylic acids is 1. The lowest BCUT2D eigenvalue weighted by molar-refractivity contribution is 0.0887. The molecule has 0 spiro atoms. The van der Waals surface area contributed by atoms with Crippen molar-refractivity contribution in [2.75, 3.05) is 5.88 Å². The van der Waals surface area contributed by atoms with Gasteiger partial charge >= 0.3 is 0 Å². The maximum atomic E-state index is 12.2. The van der Waals surface area contributed by atoms with Gasteiger partial charge < -0.3 is 4.74 Å². The maximum Gasteiger partial charge on any atom is 0.269 e. The molecule has 0 radical (unpaired) electrons. The third-order valence-corrected chi connectivity index (χ3v) is 5.66. The summed E-state index contributed by atoms with van der Waals surface area (Å²) in [4.78, 5) is 12.1. The Labute approximate surface area is 127 Å². The van der Waals surface area contributed by atoms with Crippen LogP contribution in [0, 0.1) is 0 Å². The lowest BCUT2D eigenvalue weighted by Crippen LogP contribution is -2.30. The van der Waals surface area contributed by atoms with E-state index in [1.54, 1.807) is 12.1 Å². The quantitative estimate of drug-likeness (QED) is 0.792. The van der Waals surface area contributed by atoms with Gasteiger partial charge in [-0.05, 0) is 38.2 Å². The topological polar surface area (TPSA) is 63.7 Å². The summed E-state index contributed by atoms with van der Waals surface area (Å²) in [6.45, 7) is 3.64. The van der Waals surface area contributed by atoms with Gasteiger partial charge in [-0.25, -0.2) is 12.7 Å². The third kappa shape index (κ3) is 2.82. The highest BCUT2D eigenvalue weighted by atomic mass is 32.2. The molecule has 1 heterocycles. The summed E-state index contributed by atoms with van der Waals surface area (Å²) >= 11 is 5.99. The highest BCUT2D eigenvalue weighted by Gasteiger charge is 2.40. The van der Waals surface area contributed by atoms with Crippen molar-refractivity contribution in [2.24, 2.45) is 0 Å². The second-order valence-electron chi connectivity index (χ2n) is 4.34. The molecule has 108 valence electrons. The summed E-state index contributed by atoms with van der Waals surface area (Å²) in [6.07, 6.45) is -0.0851. The number of thioether (sulfide) groups is 1. The first-order chi connectivity index (χ1) is 9.34. The van der Waals surface area contributed by atoms with Crippen molar-refractivity contribution in [3.8, 4) is 0 Å². The Morgan fingerprint density at radius 1 is 1.40 bits per heavy atom. The Balaban J connectivity index is 2.16. The Hall–Kier alpha value is -1.12. The summed E-state index contributed by atoms with van der Waals surface area (Å²) in [5.74, 6) is -0.609. The van der Waals surface area contributed by atoms with Crippen LogP contribution in [0.5, 0.6) is 0 Å². The van der Waals surface area contributed by atoms with Gasteiger partial charge in [0, 0.05) is 0 Å². The third-order valence-electron chi connectivity index (χ3n) is 2.54. The normalized spacial score (nSPS) is 16.4. The van der Waals surface area contributed by atoms with Gasteiger partial charge in [-0.1, -0.05) is 23.9 Å². The summed E-state index contributed by atoms with van der Waals surface area (Å²) in [7, 11) is -3.77. The average Bonchev–Trinajstić information content (AvgIpc) is 2.55. The molecule has 0 bridgehead atoms. The zero-order valence-corrected chi connectivity index (χ0v) is 13.3. The first kappa shape index (κ1) is 15.3. The highest BCUT2D eigenvalue weighted by Crippen LogP contribution is 2.31. The summed E-state index contributed by atoms with van der Waals surface area (Å²) in [6, 6.07) is 6.15. The van der Waals surface area contributed by atoms with Crippen molar-refractivity contribution in [1.29, 1.82) is 0 Å². The largest absolute Gasteiger partial charge is 0.476 e. The van der Waals surface area contributed by atoms with Crippen LogP contribution in [0.25, 0.3) is 0 Å². The van der Waals surface area contributed by atoms with Crippen LogP contribution >= 0.6 is 24.0 Å². The molecule has 0 saturated carbocycles. The van der Waals surface area contributed by atoms with E-state index in [-0.39, 0.29) is 26.8 Å². The second-order valence-corrected chi connectivity index (χ2v) is 7.72. The fourth-order valence-corrected chi connectivity index (χ4v) is 4.60. The lowest BCUT2D eigenvalue weighted by Gasteiger charge is -2.15. The van der Waals surface area contributed by atoms with Crippen molar-refractivity contribution >= 4 is 44.3 Å². The average molecular weight is 331 g/mol. The van der Waals surface area contributed by atoms with Crippen LogP contribution < -0.4 is 0 Å². The van der Waals surface area contributed by atoms with Gasteiger partial charge in [0.1, 0.15) is 4.90 Å². The van der Waals surface area contributed by atoms with Crippen LogP contribution in [0.15, 0.2) is 29.2 Å². The van der Waals surface area contributed by atoms with E-state index in [1.165, 1.54) is 12.1 Å². The van der Waals surface area contributed by atoms with E-state index in [2.05, 4.69) is 0 Å². The van der Waals surface area contributed by atoms with E-state index in [1.807, 2.05) is 13.8 Å². The van der Waals surface area contributed by atoms with Crippen molar-refractivity contribution in [1.82, 2.24) is 4.31 Å². The van der Waals surface area contributed by atoms with Gasteiger partial charge in [-0.15, -0.1) is 0 Å².